The number of anilines is 1. The summed E-state index contributed by atoms with van der Waals surface area (Å²) in [5, 5.41) is 4.55. The maximum Gasteiger partial charge on any atom is 0.227 e. The van der Waals surface area contributed by atoms with Gasteiger partial charge < -0.3 is 15.2 Å². The molecule has 0 aliphatic carbocycles. The average Bonchev–Trinajstić information content (AvgIpc) is 3.30. The Kier molecular flexibility index (Phi) is 8.48. The summed E-state index contributed by atoms with van der Waals surface area (Å²) in [7, 11) is 0. The van der Waals surface area contributed by atoms with Crippen LogP contribution in [0.4, 0.5) is 10.2 Å². The molecule has 0 saturated heterocycles. The van der Waals surface area contributed by atoms with Gasteiger partial charge in [-0.1, -0.05) is 49.6 Å². The van der Waals surface area contributed by atoms with Gasteiger partial charge in [-0.15, -0.1) is 6.58 Å². The topological polar surface area (TPSA) is 86.8 Å². The van der Waals surface area contributed by atoms with E-state index in [0.29, 0.717) is 41.3 Å². The molecule has 0 fully saturated rings. The van der Waals surface area contributed by atoms with E-state index >= 15 is 0 Å². The zero-order valence-electron chi connectivity index (χ0n) is 20.3. The van der Waals surface area contributed by atoms with Crippen molar-refractivity contribution < 1.29 is 9.18 Å². The minimum absolute atomic E-state index is 0.0388. The maximum atomic E-state index is 14.9. The zero-order chi connectivity index (χ0) is 25.5. The number of nitrogens with zero attached hydrogens (tertiary/aromatic N) is 4. The van der Waals surface area contributed by atoms with Crippen LogP contribution in [-0.4, -0.2) is 42.8 Å². The van der Waals surface area contributed by atoms with E-state index in [-0.39, 0.29) is 23.8 Å². The molecule has 7 nitrogen and oxygen atoms in total. The fourth-order valence-electron chi connectivity index (χ4n) is 4.30. The number of rotatable bonds is 11. The van der Waals surface area contributed by atoms with Gasteiger partial charge in [0.05, 0.1) is 17.3 Å². The number of aromatic nitrogens is 4. The molecule has 4 rings (SSSR count). The van der Waals surface area contributed by atoms with Crippen molar-refractivity contribution in [3.63, 3.8) is 0 Å². The number of carbonyl (C=O) groups excluding carboxylic acids is 1. The van der Waals surface area contributed by atoms with Gasteiger partial charge in [-0.25, -0.2) is 19.3 Å². The lowest BCUT2D eigenvalue weighted by Gasteiger charge is -2.32. The average molecular weight is 509 g/mol. The zero-order valence-corrected chi connectivity index (χ0v) is 21.0. The van der Waals surface area contributed by atoms with Crippen LogP contribution in [0.3, 0.4) is 0 Å². The van der Waals surface area contributed by atoms with E-state index in [1.165, 1.54) is 6.20 Å². The van der Waals surface area contributed by atoms with Gasteiger partial charge in [0.15, 0.2) is 17.5 Å². The van der Waals surface area contributed by atoms with Gasteiger partial charge >= 0.3 is 0 Å². The van der Waals surface area contributed by atoms with Crippen LogP contribution < -0.4 is 5.32 Å². The Hall–Kier alpha value is -3.52. The summed E-state index contributed by atoms with van der Waals surface area (Å²) in [6, 6.07) is 1.55. The number of allylic oxidation sites excluding steroid dienone is 3. The van der Waals surface area contributed by atoms with Crippen molar-refractivity contribution in [2.45, 2.75) is 57.5 Å². The van der Waals surface area contributed by atoms with E-state index in [2.05, 4.69) is 38.8 Å². The van der Waals surface area contributed by atoms with Crippen LogP contribution in [0, 0.1) is 5.82 Å². The van der Waals surface area contributed by atoms with E-state index in [1.54, 1.807) is 29.4 Å². The first-order valence-corrected chi connectivity index (χ1v) is 12.6. The number of nitrogens with one attached hydrogen (secondary N) is 2. The molecule has 1 unspecified atom stereocenters. The minimum Gasteiger partial charge on any atom is -0.365 e. The summed E-state index contributed by atoms with van der Waals surface area (Å²) >= 11 is 6.13. The standard InChI is InChI=1S/C27H30ClFN6O/c1-3-5-9-19(14-20-10-7-8-12-35(20)24(36)11-6-4-2)33-27-23(29)17-32-26(34-27)22-16-31-25-21(22)13-18(28)15-30-25/h4,7-8,10,12-13,15-17,19-20H,2-3,5-6,9,11,14H2,1H3,(H,30,31)(H,32,33,34)/t19?,20-/m0/s1. The molecule has 0 saturated carbocycles. The smallest absolute Gasteiger partial charge is 0.227 e. The highest BCUT2D eigenvalue weighted by molar-refractivity contribution is 6.31. The van der Waals surface area contributed by atoms with Crippen LogP contribution in [0.5, 0.6) is 0 Å². The summed E-state index contributed by atoms with van der Waals surface area (Å²) in [5.74, 6) is 0.00147. The number of pyridine rings is 1. The Balaban J connectivity index is 1.57. The molecule has 0 bridgehead atoms. The van der Waals surface area contributed by atoms with Crippen molar-refractivity contribution in [1.29, 1.82) is 0 Å². The fourth-order valence-corrected chi connectivity index (χ4v) is 4.46. The highest BCUT2D eigenvalue weighted by atomic mass is 35.5. The van der Waals surface area contributed by atoms with Crippen molar-refractivity contribution in [3.8, 4) is 11.4 Å². The number of aromatic amines is 1. The van der Waals surface area contributed by atoms with Gasteiger partial charge in [0.2, 0.25) is 5.91 Å². The van der Waals surface area contributed by atoms with E-state index < -0.39 is 5.82 Å². The normalized spacial score (nSPS) is 15.9. The molecule has 4 heterocycles. The predicted molar refractivity (Wildman–Crippen MR) is 142 cm³/mol. The molecular formula is C27H30ClFN6O. The van der Waals surface area contributed by atoms with Gasteiger partial charge in [-0.2, -0.15) is 0 Å². The Labute approximate surface area is 215 Å². The van der Waals surface area contributed by atoms with Crippen molar-refractivity contribution >= 4 is 34.4 Å². The molecule has 3 aromatic heterocycles. The van der Waals surface area contributed by atoms with Crippen LogP contribution in [-0.2, 0) is 4.79 Å². The SMILES string of the molecule is C=CCCC(=O)N1C=CC=C[C@H]1CC(CCCC)Nc1nc(-c2c[nH]c3ncc(Cl)cc23)ncc1F. The highest BCUT2D eigenvalue weighted by Gasteiger charge is 2.25. The van der Waals surface area contributed by atoms with Gasteiger partial charge in [0.25, 0.3) is 0 Å². The van der Waals surface area contributed by atoms with E-state index in [0.717, 1.165) is 24.6 Å². The van der Waals surface area contributed by atoms with Gasteiger partial charge in [-0.05, 0) is 31.4 Å². The van der Waals surface area contributed by atoms with E-state index in [9.17, 15) is 9.18 Å². The molecule has 3 aromatic rings. The quantitative estimate of drug-likeness (QED) is 0.292. The molecule has 0 spiro atoms. The van der Waals surface area contributed by atoms with E-state index in [1.807, 2.05) is 24.4 Å². The number of H-pyrrole nitrogens is 1. The van der Waals surface area contributed by atoms with Crippen LogP contribution >= 0.6 is 11.6 Å². The molecular weight excluding hydrogens is 479 g/mol. The summed E-state index contributed by atoms with van der Waals surface area (Å²) in [5.41, 5.74) is 1.34. The second-order valence-corrected chi connectivity index (χ2v) is 9.22. The van der Waals surface area contributed by atoms with Crippen LogP contribution in [0.1, 0.15) is 45.4 Å². The number of fused-ring (bicyclic) bond motifs is 1. The molecule has 9 heteroatoms. The Morgan fingerprint density at radius 3 is 3.03 bits per heavy atom. The minimum atomic E-state index is -0.533. The first kappa shape index (κ1) is 25.6. The lowest BCUT2D eigenvalue weighted by Crippen LogP contribution is -2.39. The molecule has 36 heavy (non-hydrogen) atoms. The maximum absolute atomic E-state index is 14.9. The molecule has 1 aliphatic heterocycles. The summed E-state index contributed by atoms with van der Waals surface area (Å²) in [6.45, 7) is 5.82. The fraction of sp³-hybridized carbons (Fsp3) is 0.333. The van der Waals surface area contributed by atoms with Crippen LogP contribution in [0.25, 0.3) is 22.4 Å². The number of unbranched alkanes of at least 4 members (excludes halogenated alkanes) is 1. The first-order valence-electron chi connectivity index (χ1n) is 12.2. The Morgan fingerprint density at radius 1 is 1.36 bits per heavy atom. The third kappa shape index (κ3) is 5.99. The lowest BCUT2D eigenvalue weighted by molar-refractivity contribution is -0.129. The Morgan fingerprint density at radius 2 is 2.22 bits per heavy atom. The molecule has 0 aromatic carbocycles. The van der Waals surface area contributed by atoms with Crippen molar-refractivity contribution in [2.24, 2.45) is 0 Å². The largest absolute Gasteiger partial charge is 0.365 e. The summed E-state index contributed by atoms with van der Waals surface area (Å²) in [4.78, 5) is 30.6. The molecule has 188 valence electrons. The summed E-state index contributed by atoms with van der Waals surface area (Å²) in [6.07, 6.45) is 18.3. The van der Waals surface area contributed by atoms with Gasteiger partial charge in [-0.3, -0.25) is 4.79 Å². The lowest BCUT2D eigenvalue weighted by atomic mass is 9.98. The second kappa shape index (κ2) is 11.9. The predicted octanol–water partition coefficient (Wildman–Crippen LogP) is 6.42. The third-order valence-corrected chi connectivity index (χ3v) is 6.36. The number of hydrogen-bond acceptors (Lipinski definition) is 5. The van der Waals surface area contributed by atoms with Crippen molar-refractivity contribution in [2.75, 3.05) is 5.32 Å². The molecule has 1 amide bonds. The van der Waals surface area contributed by atoms with Crippen molar-refractivity contribution in [3.05, 3.63) is 72.6 Å². The Bertz CT molecular complexity index is 1290. The van der Waals surface area contributed by atoms with Gasteiger partial charge in [0, 0.05) is 42.0 Å². The van der Waals surface area contributed by atoms with Crippen molar-refractivity contribution in [1.82, 2.24) is 24.8 Å². The number of carbonyl (C=O) groups is 1. The van der Waals surface area contributed by atoms with Crippen LogP contribution in [0.15, 0.2) is 61.7 Å². The highest BCUT2D eigenvalue weighted by Crippen LogP contribution is 2.29. The number of amides is 1. The van der Waals surface area contributed by atoms with Crippen LogP contribution in [0.2, 0.25) is 5.02 Å². The monoisotopic (exact) mass is 508 g/mol. The van der Waals surface area contributed by atoms with E-state index in [4.69, 9.17) is 11.6 Å². The second-order valence-electron chi connectivity index (χ2n) is 8.78. The molecule has 0 radical (unpaired) electrons. The molecule has 1 aliphatic rings. The molecule has 2 atom stereocenters. The first-order chi connectivity index (χ1) is 17.5. The third-order valence-electron chi connectivity index (χ3n) is 6.15. The van der Waals surface area contributed by atoms with Gasteiger partial charge in [0.1, 0.15) is 5.65 Å². The number of halogens is 2. The number of hydrogen-bond donors (Lipinski definition) is 2. The molecule has 2 N–H and O–H groups in total. The summed E-state index contributed by atoms with van der Waals surface area (Å²) < 4.78 is 14.9.